The Morgan fingerprint density at radius 2 is 1.58 bits per heavy atom. The summed E-state index contributed by atoms with van der Waals surface area (Å²) in [5.41, 5.74) is 5.36. The number of sulfone groups is 1. The topological polar surface area (TPSA) is 83.5 Å². The van der Waals surface area contributed by atoms with E-state index in [0.29, 0.717) is 29.1 Å². The number of likely N-dealkylation sites (N-methyl/N-ethyl adjacent to an activating group) is 1. The summed E-state index contributed by atoms with van der Waals surface area (Å²) >= 11 is 0. The van der Waals surface area contributed by atoms with Crippen LogP contribution in [0.5, 0.6) is 0 Å². The molecule has 36 heavy (non-hydrogen) atoms. The maximum absolute atomic E-state index is 13.2. The fourth-order valence-corrected chi connectivity index (χ4v) is 5.63. The maximum Gasteiger partial charge on any atom is 0.253 e. The summed E-state index contributed by atoms with van der Waals surface area (Å²) in [6.07, 6.45) is 2.75. The number of fused-ring (bicyclic) bond motifs is 1. The van der Waals surface area contributed by atoms with Gasteiger partial charge in [-0.2, -0.15) is 0 Å². The molecule has 0 spiro atoms. The van der Waals surface area contributed by atoms with Gasteiger partial charge in [0, 0.05) is 48.9 Å². The van der Waals surface area contributed by atoms with Crippen molar-refractivity contribution >= 4 is 26.6 Å². The van der Waals surface area contributed by atoms with Gasteiger partial charge in [-0.3, -0.25) is 4.79 Å². The summed E-state index contributed by atoms with van der Waals surface area (Å²) in [7, 11) is -1.28. The molecule has 0 bridgehead atoms. The summed E-state index contributed by atoms with van der Waals surface area (Å²) in [5.74, 6) is 0.0250. The summed E-state index contributed by atoms with van der Waals surface area (Å²) in [6.45, 7) is 4.95. The first-order chi connectivity index (χ1) is 17.2. The average Bonchev–Trinajstić information content (AvgIpc) is 2.88. The predicted molar refractivity (Wildman–Crippen MR) is 142 cm³/mol. The molecule has 2 heterocycles. The molecule has 3 aromatic carbocycles. The zero-order chi connectivity index (χ0) is 25.4. The molecule has 1 aromatic heterocycles. The molecule has 1 aliphatic rings. The van der Waals surface area contributed by atoms with Gasteiger partial charge >= 0.3 is 0 Å². The van der Waals surface area contributed by atoms with Crippen LogP contribution in [0.1, 0.15) is 15.9 Å². The Hall–Kier alpha value is -3.62. The Labute approximate surface area is 211 Å². The third-order valence-corrected chi connectivity index (χ3v) is 7.97. The van der Waals surface area contributed by atoms with E-state index in [2.05, 4.69) is 21.9 Å². The van der Waals surface area contributed by atoms with Crippen LogP contribution in [0.3, 0.4) is 0 Å². The second-order valence-corrected chi connectivity index (χ2v) is 11.4. The number of amides is 1. The van der Waals surface area contributed by atoms with E-state index in [-0.39, 0.29) is 5.91 Å². The van der Waals surface area contributed by atoms with Crippen LogP contribution < -0.4 is 0 Å². The fourth-order valence-electron chi connectivity index (χ4n) is 4.64. The number of carbonyl (C=O) groups excluding carboxylic acids is 1. The molecule has 0 aliphatic carbocycles. The van der Waals surface area contributed by atoms with E-state index in [0.717, 1.165) is 46.4 Å². The second-order valence-electron chi connectivity index (χ2n) is 9.38. The smallest absolute Gasteiger partial charge is 0.253 e. The van der Waals surface area contributed by atoms with Crippen molar-refractivity contribution in [2.75, 3.05) is 39.5 Å². The molecule has 4 aromatic rings. The highest BCUT2D eigenvalue weighted by molar-refractivity contribution is 7.90. The summed E-state index contributed by atoms with van der Waals surface area (Å²) < 4.78 is 24.5. The van der Waals surface area contributed by atoms with E-state index >= 15 is 0 Å². The van der Waals surface area contributed by atoms with Crippen molar-refractivity contribution in [3.05, 3.63) is 78.1 Å². The van der Waals surface area contributed by atoms with Crippen molar-refractivity contribution in [2.24, 2.45) is 0 Å². The Balaban J connectivity index is 1.55. The summed E-state index contributed by atoms with van der Waals surface area (Å²) in [4.78, 5) is 26.6. The van der Waals surface area contributed by atoms with E-state index in [1.54, 1.807) is 13.0 Å². The van der Waals surface area contributed by atoms with Gasteiger partial charge in [0.25, 0.3) is 5.91 Å². The van der Waals surface area contributed by atoms with E-state index in [1.165, 1.54) is 12.6 Å². The molecule has 0 atom stereocenters. The molecule has 184 valence electrons. The van der Waals surface area contributed by atoms with Crippen LogP contribution in [-0.2, 0) is 9.84 Å². The lowest BCUT2D eigenvalue weighted by atomic mass is 9.99. The van der Waals surface area contributed by atoms with Gasteiger partial charge in [0.05, 0.1) is 16.1 Å². The molecular weight excluding hydrogens is 472 g/mol. The lowest BCUT2D eigenvalue weighted by Gasteiger charge is -2.32. The fraction of sp³-hybridized carbons (Fsp3) is 0.250. The van der Waals surface area contributed by atoms with Gasteiger partial charge in [-0.1, -0.05) is 30.3 Å². The third-order valence-electron chi connectivity index (χ3n) is 6.73. The van der Waals surface area contributed by atoms with Crippen LogP contribution in [0, 0.1) is 6.92 Å². The second kappa shape index (κ2) is 9.44. The molecule has 5 rings (SSSR count). The van der Waals surface area contributed by atoms with Crippen molar-refractivity contribution in [3.63, 3.8) is 0 Å². The molecule has 0 saturated carbocycles. The molecule has 1 saturated heterocycles. The largest absolute Gasteiger partial charge is 0.336 e. The summed E-state index contributed by atoms with van der Waals surface area (Å²) in [5, 5.41) is 0.834. The number of carbonyl (C=O) groups is 1. The van der Waals surface area contributed by atoms with Gasteiger partial charge in [-0.25, -0.2) is 18.4 Å². The lowest BCUT2D eigenvalue weighted by molar-refractivity contribution is 0.0664. The molecule has 0 N–H and O–H groups in total. The molecular formula is C28H28N4O3S. The van der Waals surface area contributed by atoms with E-state index in [4.69, 9.17) is 0 Å². The maximum atomic E-state index is 13.2. The molecule has 8 heteroatoms. The van der Waals surface area contributed by atoms with Crippen molar-refractivity contribution in [1.82, 2.24) is 19.8 Å². The SMILES string of the molecule is Cc1ccc(-c2ccc3ncnc(-c4cccc(C(=O)N5CCN(C)CC5)c4)c3c2)cc1S(C)(=O)=O. The Kier molecular flexibility index (Phi) is 6.32. The van der Waals surface area contributed by atoms with Crippen LogP contribution in [0.2, 0.25) is 0 Å². The average molecular weight is 501 g/mol. The van der Waals surface area contributed by atoms with Crippen molar-refractivity contribution in [2.45, 2.75) is 11.8 Å². The van der Waals surface area contributed by atoms with E-state index in [1.807, 2.05) is 59.5 Å². The molecule has 7 nitrogen and oxygen atoms in total. The standard InChI is InChI=1S/C28H28N4O3S/c1-19-7-8-21(17-26(19)36(3,34)35)20-9-10-25-24(16-20)27(30-18-29-25)22-5-4-6-23(15-22)28(33)32-13-11-31(2)12-14-32/h4-10,15-18H,11-14H2,1-3H3. The van der Waals surface area contributed by atoms with Gasteiger partial charge in [-0.15, -0.1) is 0 Å². The minimum absolute atomic E-state index is 0.0250. The number of aryl methyl sites for hydroxylation is 1. The van der Waals surface area contributed by atoms with Gasteiger partial charge in [0.2, 0.25) is 0 Å². The minimum Gasteiger partial charge on any atom is -0.336 e. The predicted octanol–water partition coefficient (Wildman–Crippen LogP) is 4.06. The molecule has 0 unspecified atom stereocenters. The van der Waals surface area contributed by atoms with Crippen LogP contribution in [-0.4, -0.2) is 73.6 Å². The van der Waals surface area contributed by atoms with Crippen molar-refractivity contribution < 1.29 is 13.2 Å². The number of nitrogens with zero attached hydrogens (tertiary/aromatic N) is 4. The van der Waals surface area contributed by atoms with Crippen molar-refractivity contribution in [3.8, 4) is 22.4 Å². The number of piperazine rings is 1. The van der Waals surface area contributed by atoms with Crippen LogP contribution in [0.15, 0.2) is 71.9 Å². The zero-order valence-corrected chi connectivity index (χ0v) is 21.4. The number of hydrogen-bond donors (Lipinski definition) is 0. The van der Waals surface area contributed by atoms with E-state index in [9.17, 15) is 13.2 Å². The molecule has 1 aliphatic heterocycles. The monoisotopic (exact) mass is 500 g/mol. The highest BCUT2D eigenvalue weighted by Crippen LogP contribution is 2.32. The van der Waals surface area contributed by atoms with E-state index < -0.39 is 9.84 Å². The highest BCUT2D eigenvalue weighted by Gasteiger charge is 2.21. The van der Waals surface area contributed by atoms with Gasteiger partial charge in [0.1, 0.15) is 6.33 Å². The number of aromatic nitrogens is 2. The number of hydrogen-bond acceptors (Lipinski definition) is 6. The molecule has 1 amide bonds. The third kappa shape index (κ3) is 4.74. The normalized spacial score (nSPS) is 14.8. The molecule has 0 radical (unpaired) electrons. The first-order valence-corrected chi connectivity index (χ1v) is 13.7. The number of rotatable bonds is 4. The van der Waals surface area contributed by atoms with Gasteiger partial charge in [-0.05, 0) is 61.0 Å². The first-order valence-electron chi connectivity index (χ1n) is 11.8. The minimum atomic E-state index is -3.35. The zero-order valence-electron chi connectivity index (χ0n) is 20.6. The Morgan fingerprint density at radius 1 is 0.861 bits per heavy atom. The lowest BCUT2D eigenvalue weighted by Crippen LogP contribution is -2.47. The summed E-state index contributed by atoms with van der Waals surface area (Å²) in [6, 6.07) is 18.9. The molecule has 1 fully saturated rings. The Morgan fingerprint density at radius 3 is 2.33 bits per heavy atom. The van der Waals surface area contributed by atoms with Crippen LogP contribution >= 0.6 is 0 Å². The van der Waals surface area contributed by atoms with Crippen LogP contribution in [0.4, 0.5) is 0 Å². The first kappa shape index (κ1) is 24.1. The quantitative estimate of drug-likeness (QED) is 0.420. The van der Waals surface area contributed by atoms with Crippen LogP contribution in [0.25, 0.3) is 33.3 Å². The Bertz CT molecular complexity index is 1580. The van der Waals surface area contributed by atoms with Crippen molar-refractivity contribution in [1.29, 1.82) is 0 Å². The van der Waals surface area contributed by atoms with Gasteiger partial charge < -0.3 is 9.80 Å². The number of benzene rings is 3. The highest BCUT2D eigenvalue weighted by atomic mass is 32.2. The van der Waals surface area contributed by atoms with Gasteiger partial charge in [0.15, 0.2) is 9.84 Å².